The van der Waals surface area contributed by atoms with Crippen molar-refractivity contribution in [2.75, 3.05) is 13.6 Å². The number of hydrogen-bond donors (Lipinski definition) is 1. The Bertz CT molecular complexity index is 666. The highest BCUT2D eigenvalue weighted by Gasteiger charge is 2.40. The maximum absolute atomic E-state index is 12.7. The lowest BCUT2D eigenvalue weighted by Gasteiger charge is -2.04. The zero-order valence-corrected chi connectivity index (χ0v) is 13.1. The molecule has 0 amide bonds. The molecule has 0 bridgehead atoms. The van der Waals surface area contributed by atoms with E-state index in [2.05, 4.69) is 10.3 Å². The van der Waals surface area contributed by atoms with Gasteiger partial charge in [0.25, 0.3) is 0 Å². The van der Waals surface area contributed by atoms with E-state index in [1.807, 2.05) is 20.0 Å². The van der Waals surface area contributed by atoms with E-state index >= 15 is 0 Å². The Morgan fingerprint density at radius 2 is 2.13 bits per heavy atom. The van der Waals surface area contributed by atoms with Crippen LogP contribution in [0.15, 0.2) is 24.4 Å². The van der Waals surface area contributed by atoms with Gasteiger partial charge in [0, 0.05) is 24.2 Å². The van der Waals surface area contributed by atoms with Crippen LogP contribution in [0.1, 0.15) is 37.1 Å². The van der Waals surface area contributed by atoms with Crippen LogP contribution in [0.25, 0.3) is 5.65 Å². The summed E-state index contributed by atoms with van der Waals surface area (Å²) in [6.07, 6.45) is -0.768. The van der Waals surface area contributed by atoms with E-state index in [0.29, 0.717) is 23.9 Å². The van der Waals surface area contributed by atoms with Crippen molar-refractivity contribution in [3.05, 3.63) is 35.8 Å². The van der Waals surface area contributed by atoms with Crippen LogP contribution in [0.5, 0.6) is 0 Å². The molecule has 2 unspecified atom stereocenters. The molecular weight excluding hydrogens is 307 g/mol. The molecule has 3 rings (SSSR count). The fourth-order valence-corrected chi connectivity index (χ4v) is 2.57. The molecule has 1 aliphatic rings. The number of carbonyl (C=O) groups excluding carboxylic acids is 1. The molecule has 0 saturated heterocycles. The first-order chi connectivity index (χ1) is 10.9. The average Bonchev–Trinajstić information content (AvgIpc) is 3.11. The van der Waals surface area contributed by atoms with Crippen molar-refractivity contribution >= 4 is 11.9 Å². The van der Waals surface area contributed by atoms with E-state index in [0.717, 1.165) is 31.1 Å². The molecule has 1 saturated carbocycles. The van der Waals surface area contributed by atoms with Crippen LogP contribution < -0.4 is 5.32 Å². The van der Waals surface area contributed by atoms with E-state index in [1.54, 1.807) is 16.5 Å². The van der Waals surface area contributed by atoms with Gasteiger partial charge in [-0.25, -0.2) is 4.98 Å². The van der Waals surface area contributed by atoms with Crippen LogP contribution in [0, 0.1) is 5.92 Å². The molecule has 0 aromatic carbocycles. The SMILES string of the molecule is CCC=O.CNCC1CC1c1cccc2nc(C(F)(F)F)cn12. The van der Waals surface area contributed by atoms with E-state index in [-0.39, 0.29) is 0 Å². The highest BCUT2D eigenvalue weighted by molar-refractivity contribution is 5.48. The van der Waals surface area contributed by atoms with Gasteiger partial charge in [-0.1, -0.05) is 13.0 Å². The number of pyridine rings is 1. The minimum Gasteiger partial charge on any atom is -0.319 e. The highest BCUT2D eigenvalue weighted by atomic mass is 19.4. The van der Waals surface area contributed by atoms with Crippen LogP contribution >= 0.6 is 0 Å². The number of aldehydes is 1. The number of nitrogens with zero attached hydrogens (tertiary/aromatic N) is 2. The van der Waals surface area contributed by atoms with Gasteiger partial charge in [0.1, 0.15) is 11.9 Å². The number of hydrogen-bond acceptors (Lipinski definition) is 3. The van der Waals surface area contributed by atoms with Crippen LogP contribution in [0.2, 0.25) is 0 Å². The second kappa shape index (κ2) is 7.12. The standard InChI is InChI=1S/C13H14F3N3.C3H6O/c1-17-6-8-5-9(8)10-3-2-4-12-18-11(7-19(10)12)13(14,15)16;1-2-3-4/h2-4,7-9,17H,5-6H2,1H3;3H,2H2,1H3. The third-order valence-electron chi connectivity index (χ3n) is 3.75. The molecule has 2 atom stereocenters. The summed E-state index contributed by atoms with van der Waals surface area (Å²) in [6, 6.07) is 5.26. The molecule has 7 heteroatoms. The summed E-state index contributed by atoms with van der Waals surface area (Å²) < 4.78 is 39.6. The number of imidazole rings is 1. The van der Waals surface area contributed by atoms with Gasteiger partial charge in [-0.05, 0) is 38.1 Å². The maximum atomic E-state index is 12.7. The molecule has 0 spiro atoms. The maximum Gasteiger partial charge on any atom is 0.434 e. The zero-order valence-electron chi connectivity index (χ0n) is 13.1. The van der Waals surface area contributed by atoms with Crippen molar-refractivity contribution < 1.29 is 18.0 Å². The lowest BCUT2D eigenvalue weighted by atomic mass is 10.2. The molecule has 0 aliphatic heterocycles. The van der Waals surface area contributed by atoms with Crippen molar-refractivity contribution in [1.82, 2.24) is 14.7 Å². The van der Waals surface area contributed by atoms with Crippen LogP contribution in [-0.2, 0) is 11.0 Å². The minimum atomic E-state index is -4.39. The Balaban J connectivity index is 0.000000433. The summed E-state index contributed by atoms with van der Waals surface area (Å²) >= 11 is 0. The Morgan fingerprint density at radius 1 is 1.43 bits per heavy atom. The first-order valence-electron chi connectivity index (χ1n) is 7.55. The molecule has 2 aromatic rings. The largest absolute Gasteiger partial charge is 0.434 e. The number of fused-ring (bicyclic) bond motifs is 1. The van der Waals surface area contributed by atoms with Crippen LogP contribution in [0.4, 0.5) is 13.2 Å². The quantitative estimate of drug-likeness (QED) is 0.877. The summed E-state index contributed by atoms with van der Waals surface area (Å²) in [5.41, 5.74) is 0.450. The fourth-order valence-electron chi connectivity index (χ4n) is 2.57. The van der Waals surface area contributed by atoms with Crippen molar-refractivity contribution in [2.24, 2.45) is 5.92 Å². The topological polar surface area (TPSA) is 46.4 Å². The number of halogens is 3. The number of rotatable bonds is 4. The number of alkyl halides is 3. The molecule has 126 valence electrons. The van der Waals surface area contributed by atoms with E-state index in [9.17, 15) is 18.0 Å². The van der Waals surface area contributed by atoms with Gasteiger partial charge in [0.15, 0.2) is 5.69 Å². The summed E-state index contributed by atoms with van der Waals surface area (Å²) in [7, 11) is 1.88. The van der Waals surface area contributed by atoms with Gasteiger partial charge < -0.3 is 14.5 Å². The fraction of sp³-hybridized carbons (Fsp3) is 0.500. The minimum absolute atomic E-state index is 0.325. The van der Waals surface area contributed by atoms with E-state index in [1.165, 1.54) is 0 Å². The third kappa shape index (κ3) is 4.10. The second-order valence-electron chi connectivity index (χ2n) is 5.54. The number of carbonyl (C=O) groups is 1. The predicted molar refractivity (Wildman–Crippen MR) is 81.3 cm³/mol. The molecule has 1 N–H and O–H groups in total. The molecule has 23 heavy (non-hydrogen) atoms. The van der Waals surface area contributed by atoms with E-state index < -0.39 is 11.9 Å². The first-order valence-corrected chi connectivity index (χ1v) is 7.55. The number of nitrogens with one attached hydrogen (secondary N) is 1. The Morgan fingerprint density at radius 3 is 2.70 bits per heavy atom. The van der Waals surface area contributed by atoms with E-state index in [4.69, 9.17) is 0 Å². The second-order valence-corrected chi connectivity index (χ2v) is 5.54. The van der Waals surface area contributed by atoms with Crippen molar-refractivity contribution in [2.45, 2.75) is 31.9 Å². The Kier molecular flexibility index (Phi) is 5.41. The monoisotopic (exact) mass is 327 g/mol. The van der Waals surface area contributed by atoms with Crippen LogP contribution in [0.3, 0.4) is 0 Å². The smallest absolute Gasteiger partial charge is 0.319 e. The lowest BCUT2D eigenvalue weighted by Crippen LogP contribution is -2.10. The van der Waals surface area contributed by atoms with Gasteiger partial charge in [-0.15, -0.1) is 0 Å². The van der Waals surface area contributed by atoms with Crippen molar-refractivity contribution in [3.8, 4) is 0 Å². The van der Waals surface area contributed by atoms with Gasteiger partial charge in [-0.2, -0.15) is 13.2 Å². The Labute approximate surface area is 132 Å². The third-order valence-corrected chi connectivity index (χ3v) is 3.75. The van der Waals surface area contributed by atoms with Gasteiger partial charge in [-0.3, -0.25) is 0 Å². The predicted octanol–water partition coefficient (Wildman–Crippen LogP) is 3.27. The average molecular weight is 327 g/mol. The summed E-state index contributed by atoms with van der Waals surface area (Å²) in [6.45, 7) is 2.70. The Hall–Kier alpha value is -1.89. The molecule has 1 fully saturated rings. The molecule has 2 aromatic heterocycles. The molecule has 2 heterocycles. The lowest BCUT2D eigenvalue weighted by molar-refractivity contribution is -0.140. The van der Waals surface area contributed by atoms with Crippen LogP contribution in [-0.4, -0.2) is 29.3 Å². The van der Waals surface area contributed by atoms with Gasteiger partial charge in [0.05, 0.1) is 0 Å². The number of aromatic nitrogens is 2. The summed E-state index contributed by atoms with van der Waals surface area (Å²) in [5, 5.41) is 3.10. The molecule has 4 nitrogen and oxygen atoms in total. The summed E-state index contributed by atoms with van der Waals surface area (Å²) in [4.78, 5) is 12.8. The van der Waals surface area contributed by atoms with Crippen molar-refractivity contribution in [3.63, 3.8) is 0 Å². The highest BCUT2D eigenvalue weighted by Crippen LogP contribution is 2.47. The summed E-state index contributed by atoms with van der Waals surface area (Å²) in [5.74, 6) is 0.832. The molecular formula is C16H20F3N3O. The van der Waals surface area contributed by atoms with Gasteiger partial charge >= 0.3 is 6.18 Å². The zero-order chi connectivity index (χ0) is 17.0. The first kappa shape index (κ1) is 17.5. The molecule has 1 aliphatic carbocycles. The molecule has 0 radical (unpaired) electrons. The van der Waals surface area contributed by atoms with Crippen molar-refractivity contribution in [1.29, 1.82) is 0 Å². The normalized spacial score (nSPS) is 20.0. The van der Waals surface area contributed by atoms with Gasteiger partial charge in [0.2, 0.25) is 0 Å².